The van der Waals surface area contributed by atoms with Gasteiger partial charge in [0.25, 0.3) is 0 Å². The maximum atomic E-state index is 11.1. The van der Waals surface area contributed by atoms with Gasteiger partial charge in [0.2, 0.25) is 5.91 Å². The van der Waals surface area contributed by atoms with Crippen molar-refractivity contribution in [2.75, 3.05) is 6.54 Å². The fraction of sp³-hybridized carbons (Fsp3) is 0.900. The highest BCUT2D eigenvalue weighted by Crippen LogP contribution is 2.25. The third kappa shape index (κ3) is 2.50. The molecule has 12 heavy (non-hydrogen) atoms. The first-order chi connectivity index (χ1) is 5.59. The van der Waals surface area contributed by atoms with Gasteiger partial charge in [0, 0.05) is 13.0 Å². The van der Waals surface area contributed by atoms with Gasteiger partial charge in [0.15, 0.2) is 0 Å². The lowest BCUT2D eigenvalue weighted by molar-refractivity contribution is -0.124. The molecule has 70 valence electrons. The highest BCUT2D eigenvalue weighted by atomic mass is 16.1. The summed E-state index contributed by atoms with van der Waals surface area (Å²) in [5.74, 6) is 2.21. The van der Waals surface area contributed by atoms with E-state index in [1.807, 2.05) is 0 Å². The van der Waals surface area contributed by atoms with Crippen molar-refractivity contribution in [1.29, 1.82) is 0 Å². The smallest absolute Gasteiger partial charge is 0.220 e. The molecule has 2 heteroatoms. The van der Waals surface area contributed by atoms with Gasteiger partial charge >= 0.3 is 0 Å². The monoisotopic (exact) mass is 169 g/mol. The van der Waals surface area contributed by atoms with E-state index in [1.54, 1.807) is 0 Å². The number of carbonyl (C=O) groups excluding carboxylic acids is 1. The third-order valence-electron chi connectivity index (χ3n) is 2.65. The van der Waals surface area contributed by atoms with Crippen LogP contribution in [-0.2, 0) is 4.79 Å². The van der Waals surface area contributed by atoms with E-state index in [1.165, 1.54) is 6.42 Å². The van der Waals surface area contributed by atoms with Crippen molar-refractivity contribution < 1.29 is 4.79 Å². The average molecular weight is 169 g/mol. The molecular weight excluding hydrogens is 150 g/mol. The van der Waals surface area contributed by atoms with Crippen molar-refractivity contribution in [3.8, 4) is 0 Å². The van der Waals surface area contributed by atoms with E-state index in [2.05, 4.69) is 26.1 Å². The summed E-state index contributed by atoms with van der Waals surface area (Å²) < 4.78 is 0. The zero-order valence-corrected chi connectivity index (χ0v) is 8.26. The standard InChI is InChI=1S/C10H19NO/c1-7(2)4-9-5-10(12)11-6-8(9)3/h7-9H,4-6H2,1-3H3,(H,11,12). The summed E-state index contributed by atoms with van der Waals surface area (Å²) in [5, 5.41) is 2.90. The van der Waals surface area contributed by atoms with Gasteiger partial charge in [0.05, 0.1) is 0 Å². The van der Waals surface area contributed by atoms with E-state index >= 15 is 0 Å². The van der Waals surface area contributed by atoms with Gasteiger partial charge in [-0.2, -0.15) is 0 Å². The van der Waals surface area contributed by atoms with Crippen LogP contribution in [0.1, 0.15) is 33.6 Å². The minimum atomic E-state index is 0.235. The molecule has 2 atom stereocenters. The van der Waals surface area contributed by atoms with Crippen LogP contribution in [0.3, 0.4) is 0 Å². The molecule has 1 heterocycles. The van der Waals surface area contributed by atoms with E-state index < -0.39 is 0 Å². The zero-order chi connectivity index (χ0) is 9.14. The Morgan fingerprint density at radius 3 is 2.83 bits per heavy atom. The Labute approximate surface area is 74.7 Å². The minimum Gasteiger partial charge on any atom is -0.356 e. The Morgan fingerprint density at radius 1 is 1.58 bits per heavy atom. The second kappa shape index (κ2) is 3.92. The van der Waals surface area contributed by atoms with E-state index in [0.29, 0.717) is 17.8 Å². The van der Waals surface area contributed by atoms with Crippen LogP contribution in [0.2, 0.25) is 0 Å². The maximum absolute atomic E-state index is 11.1. The molecule has 0 saturated carbocycles. The molecule has 0 spiro atoms. The lowest BCUT2D eigenvalue weighted by Crippen LogP contribution is -2.39. The molecule has 1 aliphatic rings. The molecule has 1 saturated heterocycles. The van der Waals surface area contributed by atoms with Gasteiger partial charge in [-0.3, -0.25) is 4.79 Å². The third-order valence-corrected chi connectivity index (χ3v) is 2.65. The fourth-order valence-corrected chi connectivity index (χ4v) is 1.87. The lowest BCUT2D eigenvalue weighted by atomic mass is 9.82. The Balaban J connectivity index is 2.43. The van der Waals surface area contributed by atoms with Crippen LogP contribution in [0.15, 0.2) is 0 Å². The maximum Gasteiger partial charge on any atom is 0.220 e. The van der Waals surface area contributed by atoms with E-state index in [0.717, 1.165) is 13.0 Å². The molecule has 0 bridgehead atoms. The molecule has 0 aromatic rings. The number of hydrogen-bond donors (Lipinski definition) is 1. The molecule has 1 aliphatic heterocycles. The van der Waals surface area contributed by atoms with Crippen molar-refractivity contribution in [1.82, 2.24) is 5.32 Å². The van der Waals surface area contributed by atoms with Crippen molar-refractivity contribution in [2.24, 2.45) is 17.8 Å². The molecule has 1 fully saturated rings. The summed E-state index contributed by atoms with van der Waals surface area (Å²) in [6.07, 6.45) is 1.92. The molecule has 0 aromatic heterocycles. The molecule has 1 amide bonds. The van der Waals surface area contributed by atoms with Crippen LogP contribution in [-0.4, -0.2) is 12.5 Å². The lowest BCUT2D eigenvalue weighted by Gasteiger charge is -2.29. The molecular formula is C10H19NO. The summed E-state index contributed by atoms with van der Waals surface area (Å²) in [4.78, 5) is 11.1. The SMILES string of the molecule is CC(C)CC1CC(=O)NCC1C. The van der Waals surface area contributed by atoms with Crippen LogP contribution in [0.4, 0.5) is 0 Å². The Bertz CT molecular complexity index is 165. The Hall–Kier alpha value is -0.530. The number of carbonyl (C=O) groups is 1. The topological polar surface area (TPSA) is 29.1 Å². The summed E-state index contributed by atoms with van der Waals surface area (Å²) in [6, 6.07) is 0. The van der Waals surface area contributed by atoms with Gasteiger partial charge in [-0.1, -0.05) is 20.8 Å². The first kappa shape index (κ1) is 9.56. The molecule has 1 rings (SSSR count). The van der Waals surface area contributed by atoms with Crippen LogP contribution >= 0.6 is 0 Å². The minimum absolute atomic E-state index is 0.235. The van der Waals surface area contributed by atoms with Crippen LogP contribution in [0.25, 0.3) is 0 Å². The largest absolute Gasteiger partial charge is 0.356 e. The summed E-state index contributed by atoms with van der Waals surface area (Å²) in [7, 11) is 0. The number of piperidine rings is 1. The van der Waals surface area contributed by atoms with E-state index in [-0.39, 0.29) is 5.91 Å². The zero-order valence-electron chi connectivity index (χ0n) is 8.26. The quantitative estimate of drug-likeness (QED) is 0.671. The van der Waals surface area contributed by atoms with Crippen molar-refractivity contribution in [3.05, 3.63) is 0 Å². The second-order valence-electron chi connectivity index (χ2n) is 4.38. The molecule has 2 unspecified atom stereocenters. The number of hydrogen-bond acceptors (Lipinski definition) is 1. The highest BCUT2D eigenvalue weighted by molar-refractivity contribution is 5.76. The molecule has 1 N–H and O–H groups in total. The molecule has 0 aliphatic carbocycles. The van der Waals surface area contributed by atoms with Crippen molar-refractivity contribution in [2.45, 2.75) is 33.6 Å². The number of nitrogens with one attached hydrogen (secondary N) is 1. The van der Waals surface area contributed by atoms with Crippen LogP contribution in [0, 0.1) is 17.8 Å². The average Bonchev–Trinajstić information content (AvgIpc) is 1.96. The summed E-state index contributed by atoms with van der Waals surface area (Å²) in [5.41, 5.74) is 0. The predicted octanol–water partition coefficient (Wildman–Crippen LogP) is 1.80. The highest BCUT2D eigenvalue weighted by Gasteiger charge is 2.25. The van der Waals surface area contributed by atoms with Gasteiger partial charge in [-0.05, 0) is 24.2 Å². The first-order valence-electron chi connectivity index (χ1n) is 4.86. The van der Waals surface area contributed by atoms with Crippen LogP contribution in [0.5, 0.6) is 0 Å². The number of amides is 1. The van der Waals surface area contributed by atoms with Gasteiger partial charge in [0.1, 0.15) is 0 Å². The predicted molar refractivity (Wildman–Crippen MR) is 49.7 cm³/mol. The molecule has 0 radical (unpaired) electrons. The normalized spacial score (nSPS) is 30.5. The van der Waals surface area contributed by atoms with E-state index in [4.69, 9.17) is 0 Å². The van der Waals surface area contributed by atoms with Gasteiger partial charge < -0.3 is 5.32 Å². The van der Waals surface area contributed by atoms with Crippen molar-refractivity contribution >= 4 is 5.91 Å². The Morgan fingerprint density at radius 2 is 2.25 bits per heavy atom. The van der Waals surface area contributed by atoms with E-state index in [9.17, 15) is 4.79 Å². The number of rotatable bonds is 2. The summed E-state index contributed by atoms with van der Waals surface area (Å²) >= 11 is 0. The summed E-state index contributed by atoms with van der Waals surface area (Å²) in [6.45, 7) is 7.54. The molecule has 2 nitrogen and oxygen atoms in total. The van der Waals surface area contributed by atoms with Crippen LogP contribution < -0.4 is 5.32 Å². The van der Waals surface area contributed by atoms with Gasteiger partial charge in [-0.15, -0.1) is 0 Å². The van der Waals surface area contributed by atoms with Crippen molar-refractivity contribution in [3.63, 3.8) is 0 Å². The fourth-order valence-electron chi connectivity index (χ4n) is 1.87. The molecule has 0 aromatic carbocycles. The Kier molecular flexibility index (Phi) is 3.12. The second-order valence-corrected chi connectivity index (χ2v) is 4.38. The van der Waals surface area contributed by atoms with Gasteiger partial charge in [-0.25, -0.2) is 0 Å². The first-order valence-corrected chi connectivity index (χ1v) is 4.86.